The molecule has 0 bridgehead atoms. The van der Waals surface area contributed by atoms with E-state index in [1.165, 1.54) is 6.08 Å². The summed E-state index contributed by atoms with van der Waals surface area (Å²) >= 11 is 1.62. The predicted molar refractivity (Wildman–Crippen MR) is 60.7 cm³/mol. The van der Waals surface area contributed by atoms with Crippen molar-refractivity contribution in [1.29, 1.82) is 0 Å². The largest absolute Gasteiger partial charge is 0.260 e. The first-order valence-corrected chi connectivity index (χ1v) is 5.45. The molecule has 1 atom stereocenters. The highest BCUT2D eigenvalue weighted by Gasteiger charge is 2.13. The zero-order valence-corrected chi connectivity index (χ0v) is 8.78. The fourth-order valence-corrected chi connectivity index (χ4v) is 2.22. The molecule has 0 fully saturated rings. The summed E-state index contributed by atoms with van der Waals surface area (Å²) in [4.78, 5) is 15.8. The van der Waals surface area contributed by atoms with Gasteiger partial charge in [0.1, 0.15) is 5.94 Å². The van der Waals surface area contributed by atoms with Gasteiger partial charge >= 0.3 is 0 Å². The van der Waals surface area contributed by atoms with E-state index in [0.29, 0.717) is 0 Å². The Bertz CT molecular complexity index is 458. The smallest absolute Gasteiger partial charge is 0.121 e. The molecule has 2 rings (SSSR count). The number of pyridine rings is 1. The molecule has 2 aromatic rings. The summed E-state index contributed by atoms with van der Waals surface area (Å²) in [5.41, 5.74) is 0.878. The second-order valence-electron chi connectivity index (χ2n) is 3.03. The highest BCUT2D eigenvalue weighted by molar-refractivity contribution is 7.10. The van der Waals surface area contributed by atoms with E-state index < -0.39 is 0 Å². The van der Waals surface area contributed by atoms with Gasteiger partial charge in [0.15, 0.2) is 0 Å². The van der Waals surface area contributed by atoms with Crippen molar-refractivity contribution in [2.45, 2.75) is 5.92 Å². The predicted octanol–water partition coefficient (Wildman–Crippen LogP) is 2.66. The maximum Gasteiger partial charge on any atom is 0.121 e. The lowest BCUT2D eigenvalue weighted by atomic mass is 10.0. The molecule has 1 unspecified atom stereocenters. The first kappa shape index (κ1) is 9.84. The summed E-state index contributed by atoms with van der Waals surface area (Å²) in [6, 6.07) is 9.66. The molecule has 2 heterocycles. The van der Waals surface area contributed by atoms with Crippen LogP contribution in [0.2, 0.25) is 0 Å². The van der Waals surface area contributed by atoms with Crippen LogP contribution in [0.15, 0.2) is 48.0 Å². The van der Waals surface area contributed by atoms with Crippen LogP contribution < -0.4 is 0 Å². The Morgan fingerprint density at radius 2 is 2.27 bits per heavy atom. The van der Waals surface area contributed by atoms with Gasteiger partial charge < -0.3 is 0 Å². The Hall–Kier alpha value is -1.70. The monoisotopic (exact) mass is 215 g/mol. The van der Waals surface area contributed by atoms with Gasteiger partial charge in [-0.25, -0.2) is 4.79 Å². The third-order valence-electron chi connectivity index (χ3n) is 2.09. The Morgan fingerprint density at radius 1 is 1.33 bits per heavy atom. The molecular formula is C12H9NOS. The van der Waals surface area contributed by atoms with Gasteiger partial charge in [-0.05, 0) is 23.6 Å². The molecule has 15 heavy (non-hydrogen) atoms. The van der Waals surface area contributed by atoms with Crippen molar-refractivity contribution in [2.75, 3.05) is 0 Å². The lowest BCUT2D eigenvalue weighted by Crippen LogP contribution is -1.97. The summed E-state index contributed by atoms with van der Waals surface area (Å²) in [5, 5.41) is 1.99. The van der Waals surface area contributed by atoms with Crippen LogP contribution in [0.25, 0.3) is 0 Å². The van der Waals surface area contributed by atoms with Gasteiger partial charge in [0, 0.05) is 17.2 Å². The molecule has 2 nitrogen and oxygen atoms in total. The van der Waals surface area contributed by atoms with Crippen molar-refractivity contribution >= 4 is 17.3 Å². The minimum atomic E-state index is -0.0660. The van der Waals surface area contributed by atoms with E-state index in [4.69, 9.17) is 0 Å². The summed E-state index contributed by atoms with van der Waals surface area (Å²) in [5.74, 6) is 1.78. The second kappa shape index (κ2) is 4.69. The fourth-order valence-electron chi connectivity index (χ4n) is 1.41. The number of allylic oxidation sites excluding steroid dienone is 1. The van der Waals surface area contributed by atoms with Crippen molar-refractivity contribution in [3.63, 3.8) is 0 Å². The van der Waals surface area contributed by atoms with E-state index in [9.17, 15) is 4.79 Å². The average Bonchev–Trinajstić information content (AvgIpc) is 2.80. The number of hydrogen-bond acceptors (Lipinski definition) is 3. The number of thiophene rings is 1. The lowest BCUT2D eigenvalue weighted by Gasteiger charge is -2.07. The molecule has 0 saturated carbocycles. The van der Waals surface area contributed by atoms with E-state index in [1.54, 1.807) is 17.5 Å². The average molecular weight is 215 g/mol. The zero-order chi connectivity index (χ0) is 10.5. The van der Waals surface area contributed by atoms with Gasteiger partial charge in [0.25, 0.3) is 0 Å². The van der Waals surface area contributed by atoms with Crippen LogP contribution in [0.3, 0.4) is 0 Å². The summed E-state index contributed by atoms with van der Waals surface area (Å²) in [7, 11) is 0. The quantitative estimate of drug-likeness (QED) is 0.737. The van der Waals surface area contributed by atoms with Crippen molar-refractivity contribution in [3.05, 3.63) is 58.6 Å². The highest BCUT2D eigenvalue weighted by atomic mass is 32.1. The van der Waals surface area contributed by atoms with E-state index in [0.717, 1.165) is 10.6 Å². The number of rotatable bonds is 3. The van der Waals surface area contributed by atoms with Crippen molar-refractivity contribution in [1.82, 2.24) is 4.98 Å². The van der Waals surface area contributed by atoms with Gasteiger partial charge in [0.05, 0.1) is 11.6 Å². The topological polar surface area (TPSA) is 30.0 Å². The third-order valence-corrected chi connectivity index (χ3v) is 3.05. The van der Waals surface area contributed by atoms with Gasteiger partial charge in [-0.2, -0.15) is 0 Å². The van der Waals surface area contributed by atoms with Crippen LogP contribution in [-0.2, 0) is 4.79 Å². The zero-order valence-electron chi connectivity index (χ0n) is 7.96. The molecule has 3 heteroatoms. The van der Waals surface area contributed by atoms with Crippen molar-refractivity contribution in [3.8, 4) is 0 Å². The summed E-state index contributed by atoms with van der Waals surface area (Å²) < 4.78 is 0. The van der Waals surface area contributed by atoms with E-state index in [1.807, 2.05) is 41.7 Å². The Balaban J connectivity index is 2.41. The molecule has 74 valence electrons. The summed E-state index contributed by atoms with van der Waals surface area (Å²) in [6.07, 6.45) is 3.24. The molecular weight excluding hydrogens is 206 g/mol. The lowest BCUT2D eigenvalue weighted by molar-refractivity contribution is 0.568. The second-order valence-corrected chi connectivity index (χ2v) is 4.01. The molecule has 0 aromatic carbocycles. The van der Waals surface area contributed by atoms with Crippen molar-refractivity contribution in [2.24, 2.45) is 0 Å². The van der Waals surface area contributed by atoms with E-state index >= 15 is 0 Å². The maximum absolute atomic E-state index is 10.5. The third kappa shape index (κ3) is 2.21. The molecule has 0 N–H and O–H groups in total. The first-order valence-electron chi connectivity index (χ1n) is 4.57. The normalized spacial score (nSPS) is 11.7. The molecule has 0 amide bonds. The number of hydrogen-bond donors (Lipinski definition) is 0. The molecule has 0 spiro atoms. The van der Waals surface area contributed by atoms with Crippen LogP contribution in [0.4, 0.5) is 0 Å². The molecule has 0 aliphatic heterocycles. The maximum atomic E-state index is 10.5. The SMILES string of the molecule is O=C=CC(c1ccccn1)c1cccs1. The molecule has 0 radical (unpaired) electrons. The molecule has 2 aromatic heterocycles. The van der Waals surface area contributed by atoms with Crippen LogP contribution in [0.5, 0.6) is 0 Å². The molecule has 0 saturated heterocycles. The highest BCUT2D eigenvalue weighted by Crippen LogP contribution is 2.27. The standard InChI is InChI=1S/C12H9NOS/c14-8-6-10(12-5-3-9-15-12)11-4-1-2-7-13-11/h1-7,9-10H. The van der Waals surface area contributed by atoms with Gasteiger partial charge in [-0.3, -0.25) is 4.98 Å². The first-order chi connectivity index (χ1) is 7.42. The molecule has 0 aliphatic carbocycles. The van der Waals surface area contributed by atoms with E-state index in [2.05, 4.69) is 4.98 Å². The van der Waals surface area contributed by atoms with Crippen LogP contribution >= 0.6 is 11.3 Å². The number of nitrogens with zero attached hydrogens (tertiary/aromatic N) is 1. The number of carbonyl (C=O) groups excluding carboxylic acids is 1. The Morgan fingerprint density at radius 3 is 2.87 bits per heavy atom. The van der Waals surface area contributed by atoms with E-state index in [-0.39, 0.29) is 5.92 Å². The van der Waals surface area contributed by atoms with Crippen LogP contribution in [0.1, 0.15) is 16.5 Å². The number of aromatic nitrogens is 1. The van der Waals surface area contributed by atoms with Crippen LogP contribution in [0, 0.1) is 0 Å². The fraction of sp³-hybridized carbons (Fsp3) is 0.0833. The Kier molecular flexibility index (Phi) is 3.08. The van der Waals surface area contributed by atoms with Gasteiger partial charge in [-0.1, -0.05) is 12.1 Å². The van der Waals surface area contributed by atoms with Gasteiger partial charge in [0.2, 0.25) is 0 Å². The summed E-state index contributed by atoms with van der Waals surface area (Å²) in [6.45, 7) is 0. The minimum Gasteiger partial charge on any atom is -0.260 e. The Labute approximate surface area is 91.9 Å². The van der Waals surface area contributed by atoms with Crippen molar-refractivity contribution < 1.29 is 4.79 Å². The molecule has 0 aliphatic rings. The van der Waals surface area contributed by atoms with Gasteiger partial charge in [-0.15, -0.1) is 11.3 Å². The van der Waals surface area contributed by atoms with Crippen LogP contribution in [-0.4, -0.2) is 10.9 Å². The minimum absolute atomic E-state index is 0.0660.